The van der Waals surface area contributed by atoms with Crippen molar-refractivity contribution in [3.63, 3.8) is 0 Å². The Morgan fingerprint density at radius 2 is 1.96 bits per heavy atom. The number of aromatic nitrogens is 1. The maximum atomic E-state index is 12.4. The van der Waals surface area contributed by atoms with Gasteiger partial charge in [-0.15, -0.1) is 0 Å². The molecule has 3 N–H and O–H groups in total. The number of anilines is 2. The van der Waals surface area contributed by atoms with Crippen LogP contribution in [0.15, 0.2) is 42.5 Å². The Labute approximate surface area is 148 Å². The maximum Gasteiger partial charge on any atom is 0.241 e. The topological polar surface area (TPSA) is 80.5 Å². The van der Waals surface area contributed by atoms with Crippen molar-refractivity contribution < 1.29 is 9.53 Å². The van der Waals surface area contributed by atoms with Gasteiger partial charge in [0.1, 0.15) is 5.82 Å². The zero-order valence-electron chi connectivity index (χ0n) is 14.4. The van der Waals surface area contributed by atoms with Gasteiger partial charge < -0.3 is 20.7 Å². The minimum Gasteiger partial charge on any atom is -0.378 e. The molecule has 0 saturated carbocycles. The van der Waals surface area contributed by atoms with Gasteiger partial charge in [-0.25, -0.2) is 4.98 Å². The van der Waals surface area contributed by atoms with E-state index in [0.717, 1.165) is 30.2 Å². The molecule has 0 aliphatic carbocycles. The molecule has 1 saturated heterocycles. The predicted octanol–water partition coefficient (Wildman–Crippen LogP) is 1.74. The number of nitrogens with two attached hydrogens (primary N) is 1. The van der Waals surface area contributed by atoms with Gasteiger partial charge in [0, 0.05) is 13.1 Å². The van der Waals surface area contributed by atoms with Crippen LogP contribution in [0.5, 0.6) is 0 Å². The van der Waals surface area contributed by atoms with Crippen molar-refractivity contribution in [1.82, 2.24) is 4.98 Å². The number of pyridine rings is 1. The number of nitrogens with zero attached hydrogens (tertiary/aromatic N) is 2. The Hall–Kier alpha value is -2.44. The highest BCUT2D eigenvalue weighted by Crippen LogP contribution is 2.20. The van der Waals surface area contributed by atoms with E-state index in [0.29, 0.717) is 25.3 Å². The van der Waals surface area contributed by atoms with E-state index in [-0.39, 0.29) is 5.91 Å². The monoisotopic (exact) mass is 340 g/mol. The van der Waals surface area contributed by atoms with Gasteiger partial charge in [-0.1, -0.05) is 30.3 Å². The van der Waals surface area contributed by atoms with Crippen molar-refractivity contribution in [3.8, 4) is 0 Å². The second-order valence-electron chi connectivity index (χ2n) is 6.19. The number of ether oxygens (including phenoxy) is 1. The lowest BCUT2D eigenvalue weighted by molar-refractivity contribution is -0.117. The van der Waals surface area contributed by atoms with E-state index >= 15 is 0 Å². The summed E-state index contributed by atoms with van der Waals surface area (Å²) in [5.74, 6) is 0.709. The lowest BCUT2D eigenvalue weighted by Crippen LogP contribution is -2.38. The Bertz CT molecular complexity index is 715. The molecular weight excluding hydrogens is 316 g/mol. The number of amides is 1. The quantitative estimate of drug-likeness (QED) is 0.866. The maximum absolute atomic E-state index is 12.4. The van der Waals surface area contributed by atoms with Crippen LogP contribution in [0.1, 0.15) is 11.3 Å². The second-order valence-corrected chi connectivity index (χ2v) is 6.19. The first-order chi connectivity index (χ1) is 12.1. The normalized spacial score (nSPS) is 15.7. The Balaban J connectivity index is 1.62. The van der Waals surface area contributed by atoms with E-state index < -0.39 is 6.04 Å². The summed E-state index contributed by atoms with van der Waals surface area (Å²) in [5, 5.41) is 2.89. The number of rotatable bonds is 5. The average molecular weight is 340 g/mol. The number of hydrogen-bond acceptors (Lipinski definition) is 5. The number of morpholine rings is 1. The number of carbonyl (C=O) groups excluding carboxylic acids is 1. The van der Waals surface area contributed by atoms with Gasteiger partial charge in [0.25, 0.3) is 0 Å². The minimum atomic E-state index is -0.597. The molecular formula is C19H24N4O2. The third-order valence-electron chi connectivity index (χ3n) is 4.30. The van der Waals surface area contributed by atoms with E-state index in [1.165, 1.54) is 0 Å². The number of benzene rings is 1. The van der Waals surface area contributed by atoms with Gasteiger partial charge in [0.2, 0.25) is 5.91 Å². The van der Waals surface area contributed by atoms with Crippen LogP contribution in [0.25, 0.3) is 0 Å². The third kappa shape index (κ3) is 4.55. The summed E-state index contributed by atoms with van der Waals surface area (Å²) < 4.78 is 5.36. The van der Waals surface area contributed by atoms with Gasteiger partial charge in [-0.05, 0) is 31.0 Å². The van der Waals surface area contributed by atoms with Crippen LogP contribution in [-0.2, 0) is 16.0 Å². The van der Waals surface area contributed by atoms with E-state index in [9.17, 15) is 4.79 Å². The third-order valence-corrected chi connectivity index (χ3v) is 4.30. The van der Waals surface area contributed by atoms with Gasteiger partial charge in [-0.3, -0.25) is 4.79 Å². The van der Waals surface area contributed by atoms with Crippen molar-refractivity contribution in [2.45, 2.75) is 19.4 Å². The molecule has 1 aliphatic heterocycles. The zero-order chi connectivity index (χ0) is 17.6. The van der Waals surface area contributed by atoms with E-state index in [4.69, 9.17) is 10.5 Å². The molecule has 0 radical (unpaired) electrons. The van der Waals surface area contributed by atoms with Crippen molar-refractivity contribution in [2.75, 3.05) is 36.5 Å². The lowest BCUT2D eigenvalue weighted by Gasteiger charge is -2.28. The SMILES string of the molecule is Cc1nc(N2CCOCC2)ccc1NC(=O)[C@H](N)Cc1ccccc1. The number of aryl methyl sites for hydroxylation is 1. The molecule has 1 aliphatic rings. The highest BCUT2D eigenvalue weighted by molar-refractivity contribution is 5.95. The molecule has 1 amide bonds. The minimum absolute atomic E-state index is 0.201. The molecule has 0 bridgehead atoms. The fourth-order valence-electron chi connectivity index (χ4n) is 2.83. The van der Waals surface area contributed by atoms with E-state index in [1.807, 2.05) is 49.4 Å². The standard InChI is InChI=1S/C19H24N4O2/c1-14-17(7-8-18(21-14)23-9-11-25-12-10-23)22-19(24)16(20)13-15-5-3-2-4-6-15/h2-8,16H,9-13,20H2,1H3,(H,22,24)/t16-/m1/s1. The molecule has 25 heavy (non-hydrogen) atoms. The van der Waals surface area contributed by atoms with Crippen LogP contribution in [0.4, 0.5) is 11.5 Å². The molecule has 1 aromatic heterocycles. The van der Waals surface area contributed by atoms with Crippen molar-refractivity contribution in [1.29, 1.82) is 0 Å². The Kier molecular flexibility index (Phi) is 5.63. The molecule has 0 spiro atoms. The Morgan fingerprint density at radius 3 is 2.64 bits per heavy atom. The number of carbonyl (C=O) groups is 1. The zero-order valence-corrected chi connectivity index (χ0v) is 14.4. The molecule has 1 aromatic carbocycles. The molecule has 1 atom stereocenters. The fourth-order valence-corrected chi connectivity index (χ4v) is 2.83. The largest absolute Gasteiger partial charge is 0.378 e. The van der Waals surface area contributed by atoms with Crippen molar-refractivity contribution in [2.24, 2.45) is 5.73 Å². The smallest absolute Gasteiger partial charge is 0.241 e. The van der Waals surface area contributed by atoms with Gasteiger partial charge >= 0.3 is 0 Å². The summed E-state index contributed by atoms with van der Waals surface area (Å²) in [5.41, 5.74) is 8.56. The summed E-state index contributed by atoms with van der Waals surface area (Å²) in [4.78, 5) is 19.2. The molecule has 3 rings (SSSR count). The van der Waals surface area contributed by atoms with Gasteiger partial charge in [0.05, 0.1) is 30.6 Å². The average Bonchev–Trinajstić information content (AvgIpc) is 2.65. The first-order valence-corrected chi connectivity index (χ1v) is 8.54. The summed E-state index contributed by atoms with van der Waals surface area (Å²) in [6.45, 7) is 4.99. The van der Waals surface area contributed by atoms with Crippen LogP contribution < -0.4 is 16.0 Å². The molecule has 1 fully saturated rings. The summed E-state index contributed by atoms with van der Waals surface area (Å²) in [6.07, 6.45) is 0.505. The predicted molar refractivity (Wildman–Crippen MR) is 98.8 cm³/mol. The molecule has 2 aromatic rings. The number of hydrogen-bond donors (Lipinski definition) is 2. The molecule has 0 unspecified atom stereocenters. The summed E-state index contributed by atoms with van der Waals surface area (Å²) >= 11 is 0. The number of nitrogens with one attached hydrogen (secondary N) is 1. The van der Waals surface area contributed by atoms with Crippen LogP contribution in [0, 0.1) is 6.92 Å². The highest BCUT2D eigenvalue weighted by atomic mass is 16.5. The van der Waals surface area contributed by atoms with Crippen molar-refractivity contribution in [3.05, 3.63) is 53.7 Å². The first kappa shape index (κ1) is 17.4. The van der Waals surface area contributed by atoms with E-state index in [1.54, 1.807) is 0 Å². The highest BCUT2D eigenvalue weighted by Gasteiger charge is 2.17. The van der Waals surface area contributed by atoms with Crippen LogP contribution in [0.3, 0.4) is 0 Å². The van der Waals surface area contributed by atoms with Crippen LogP contribution >= 0.6 is 0 Å². The van der Waals surface area contributed by atoms with E-state index in [2.05, 4.69) is 15.2 Å². The fraction of sp³-hybridized carbons (Fsp3) is 0.368. The molecule has 132 valence electrons. The van der Waals surface area contributed by atoms with Crippen LogP contribution in [-0.4, -0.2) is 43.2 Å². The first-order valence-electron chi connectivity index (χ1n) is 8.54. The summed E-state index contributed by atoms with van der Waals surface area (Å²) in [7, 11) is 0. The van der Waals surface area contributed by atoms with Gasteiger partial charge in [-0.2, -0.15) is 0 Å². The van der Waals surface area contributed by atoms with Gasteiger partial charge in [0.15, 0.2) is 0 Å². The summed E-state index contributed by atoms with van der Waals surface area (Å²) in [6, 6.07) is 13.0. The molecule has 6 nitrogen and oxygen atoms in total. The van der Waals surface area contributed by atoms with Crippen LogP contribution in [0.2, 0.25) is 0 Å². The second kappa shape index (κ2) is 8.09. The molecule has 2 heterocycles. The lowest BCUT2D eigenvalue weighted by atomic mass is 10.1. The van der Waals surface area contributed by atoms with Crippen molar-refractivity contribution >= 4 is 17.4 Å². The Morgan fingerprint density at radius 1 is 1.24 bits per heavy atom. The molecule has 6 heteroatoms.